The first-order chi connectivity index (χ1) is 9.01. The van der Waals surface area contributed by atoms with Gasteiger partial charge >= 0.3 is 0 Å². The Bertz CT molecular complexity index is 721. The molecule has 0 spiro atoms. The van der Waals surface area contributed by atoms with Crippen LogP contribution in [0.15, 0.2) is 41.6 Å². The van der Waals surface area contributed by atoms with E-state index in [1.54, 1.807) is 0 Å². The molecule has 0 saturated carbocycles. The monoisotopic (exact) mass is 294 g/mol. The predicted octanol–water partition coefficient (Wildman–Crippen LogP) is 1.80. The van der Waals surface area contributed by atoms with Gasteiger partial charge in [0.05, 0.1) is 5.02 Å². The van der Waals surface area contributed by atoms with Crippen molar-refractivity contribution in [3.8, 4) is 6.07 Å². The van der Waals surface area contributed by atoms with E-state index < -0.39 is 10.0 Å². The van der Waals surface area contributed by atoms with E-state index in [-0.39, 0.29) is 16.4 Å². The van der Waals surface area contributed by atoms with Crippen LogP contribution in [0.2, 0.25) is 5.02 Å². The van der Waals surface area contributed by atoms with Gasteiger partial charge in [-0.15, -0.1) is 0 Å². The summed E-state index contributed by atoms with van der Waals surface area (Å²) < 4.78 is 26.2. The van der Waals surface area contributed by atoms with Gasteiger partial charge in [-0.3, -0.25) is 4.72 Å². The Kier molecular flexibility index (Phi) is 3.64. The number of nitrogens with zero attached hydrogens (tertiary/aromatic N) is 3. The van der Waals surface area contributed by atoms with Crippen molar-refractivity contribution in [2.75, 3.05) is 4.72 Å². The highest BCUT2D eigenvalue weighted by Crippen LogP contribution is 2.15. The number of nitriles is 1. The van der Waals surface area contributed by atoms with Crippen molar-refractivity contribution in [3.63, 3.8) is 0 Å². The van der Waals surface area contributed by atoms with E-state index in [4.69, 9.17) is 16.9 Å². The third kappa shape index (κ3) is 3.19. The summed E-state index contributed by atoms with van der Waals surface area (Å²) >= 11 is 5.65. The second kappa shape index (κ2) is 5.22. The van der Waals surface area contributed by atoms with E-state index in [1.165, 1.54) is 30.5 Å². The molecule has 0 aromatic carbocycles. The third-order valence-electron chi connectivity index (χ3n) is 2.13. The summed E-state index contributed by atoms with van der Waals surface area (Å²) in [5.41, 5.74) is 0.142. The summed E-state index contributed by atoms with van der Waals surface area (Å²) in [5.74, 6) is 0.147. The van der Waals surface area contributed by atoms with Crippen molar-refractivity contribution in [2.24, 2.45) is 0 Å². The lowest BCUT2D eigenvalue weighted by atomic mass is 10.4. The maximum Gasteiger partial charge on any atom is 0.264 e. The highest BCUT2D eigenvalue weighted by atomic mass is 35.5. The van der Waals surface area contributed by atoms with Crippen molar-refractivity contribution in [1.82, 2.24) is 9.97 Å². The quantitative estimate of drug-likeness (QED) is 0.931. The van der Waals surface area contributed by atoms with Crippen molar-refractivity contribution < 1.29 is 8.42 Å². The summed E-state index contributed by atoms with van der Waals surface area (Å²) in [7, 11) is -3.78. The lowest BCUT2D eigenvalue weighted by Gasteiger charge is -2.06. The molecule has 2 aromatic heterocycles. The summed E-state index contributed by atoms with van der Waals surface area (Å²) in [4.78, 5) is 7.47. The molecule has 0 bridgehead atoms. The highest BCUT2D eigenvalue weighted by molar-refractivity contribution is 7.92. The van der Waals surface area contributed by atoms with E-state index in [0.717, 1.165) is 6.20 Å². The molecule has 0 amide bonds. The molecule has 8 heteroatoms. The summed E-state index contributed by atoms with van der Waals surface area (Å²) in [6.07, 6.45) is 2.44. The number of anilines is 1. The van der Waals surface area contributed by atoms with Gasteiger partial charge in [-0.05, 0) is 24.3 Å². The third-order valence-corrected chi connectivity index (χ3v) is 3.69. The maximum absolute atomic E-state index is 12.0. The molecule has 2 heterocycles. The van der Waals surface area contributed by atoms with Crippen molar-refractivity contribution in [1.29, 1.82) is 5.26 Å². The Hall–Kier alpha value is -2.17. The summed E-state index contributed by atoms with van der Waals surface area (Å²) in [5, 5.41) is 9.00. The van der Waals surface area contributed by atoms with Gasteiger partial charge in [0.15, 0.2) is 0 Å². The first-order valence-corrected chi connectivity index (χ1v) is 6.88. The first-order valence-electron chi connectivity index (χ1n) is 5.02. The molecule has 0 unspecified atom stereocenters. The van der Waals surface area contributed by atoms with Gasteiger partial charge in [-0.2, -0.15) is 5.26 Å². The molecule has 0 saturated heterocycles. The van der Waals surface area contributed by atoms with E-state index in [9.17, 15) is 8.42 Å². The summed E-state index contributed by atoms with van der Waals surface area (Å²) in [6, 6.07) is 7.39. The predicted molar refractivity (Wildman–Crippen MR) is 69.0 cm³/mol. The van der Waals surface area contributed by atoms with Gasteiger partial charge in [0.25, 0.3) is 10.0 Å². The largest absolute Gasteiger partial charge is 0.264 e. The zero-order chi connectivity index (χ0) is 13.9. The van der Waals surface area contributed by atoms with Crippen LogP contribution in [0, 0.1) is 11.3 Å². The molecule has 19 heavy (non-hydrogen) atoms. The Morgan fingerprint density at radius 2 is 1.95 bits per heavy atom. The van der Waals surface area contributed by atoms with Crippen LogP contribution in [0.25, 0.3) is 0 Å². The standard InChI is InChI=1S/C11H7ClN4O2S/c12-8-1-4-11(15-6-8)16-19(17,18)10-3-2-9(5-13)14-7-10/h1-4,6-7H,(H,15,16). The molecule has 0 fully saturated rings. The van der Waals surface area contributed by atoms with Crippen LogP contribution in [-0.2, 0) is 10.0 Å². The van der Waals surface area contributed by atoms with Crippen LogP contribution >= 0.6 is 11.6 Å². The Morgan fingerprint density at radius 1 is 1.16 bits per heavy atom. The van der Waals surface area contributed by atoms with Gasteiger partial charge in [-0.1, -0.05) is 11.6 Å². The molecule has 96 valence electrons. The number of hydrogen-bond donors (Lipinski definition) is 1. The van der Waals surface area contributed by atoms with Crippen molar-refractivity contribution in [2.45, 2.75) is 4.90 Å². The molecule has 0 radical (unpaired) electrons. The van der Waals surface area contributed by atoms with Crippen LogP contribution in [0.1, 0.15) is 5.69 Å². The van der Waals surface area contributed by atoms with Gasteiger partial charge in [0.1, 0.15) is 22.5 Å². The molecule has 6 nitrogen and oxygen atoms in total. The molecule has 1 N–H and O–H groups in total. The average Bonchev–Trinajstić information content (AvgIpc) is 2.41. The average molecular weight is 295 g/mol. The normalized spacial score (nSPS) is 10.7. The zero-order valence-corrected chi connectivity index (χ0v) is 11.0. The Morgan fingerprint density at radius 3 is 2.47 bits per heavy atom. The van der Waals surface area contributed by atoms with E-state index >= 15 is 0 Å². The van der Waals surface area contributed by atoms with Gasteiger partial charge < -0.3 is 0 Å². The number of aromatic nitrogens is 2. The van der Waals surface area contributed by atoms with Crippen molar-refractivity contribution in [3.05, 3.63) is 47.4 Å². The molecule has 2 rings (SSSR count). The molecular formula is C11H7ClN4O2S. The highest BCUT2D eigenvalue weighted by Gasteiger charge is 2.15. The SMILES string of the molecule is N#Cc1ccc(S(=O)(=O)Nc2ccc(Cl)cn2)cn1. The van der Waals surface area contributed by atoms with Gasteiger partial charge in [0.2, 0.25) is 0 Å². The second-order valence-electron chi connectivity index (χ2n) is 3.46. The second-order valence-corrected chi connectivity index (χ2v) is 5.58. The maximum atomic E-state index is 12.0. The summed E-state index contributed by atoms with van der Waals surface area (Å²) in [6.45, 7) is 0. The lowest BCUT2D eigenvalue weighted by Crippen LogP contribution is -2.14. The minimum atomic E-state index is -3.78. The molecule has 2 aromatic rings. The molecule has 0 aliphatic heterocycles. The topological polar surface area (TPSA) is 95.7 Å². The number of nitrogens with one attached hydrogen (secondary N) is 1. The van der Waals surface area contributed by atoms with E-state index in [1.807, 2.05) is 6.07 Å². The number of halogens is 1. The van der Waals surface area contributed by atoms with Gasteiger partial charge in [0, 0.05) is 12.4 Å². The number of rotatable bonds is 3. The minimum Gasteiger partial charge on any atom is -0.263 e. The fourth-order valence-electron chi connectivity index (χ4n) is 1.24. The van der Waals surface area contributed by atoms with E-state index in [2.05, 4.69) is 14.7 Å². The molecular weight excluding hydrogens is 288 g/mol. The van der Waals surface area contributed by atoms with Crippen LogP contribution in [0.3, 0.4) is 0 Å². The van der Waals surface area contributed by atoms with Crippen LogP contribution in [-0.4, -0.2) is 18.4 Å². The first kappa shape index (κ1) is 13.3. The lowest BCUT2D eigenvalue weighted by molar-refractivity contribution is 0.600. The molecule has 0 aliphatic rings. The zero-order valence-electron chi connectivity index (χ0n) is 9.41. The van der Waals surface area contributed by atoms with Crippen molar-refractivity contribution >= 4 is 27.4 Å². The number of pyridine rings is 2. The van der Waals surface area contributed by atoms with Crippen LogP contribution in [0.5, 0.6) is 0 Å². The smallest absolute Gasteiger partial charge is 0.263 e. The number of sulfonamides is 1. The minimum absolute atomic E-state index is 0.0525. The fourth-order valence-corrected chi connectivity index (χ4v) is 2.30. The molecule has 0 atom stereocenters. The number of hydrogen-bond acceptors (Lipinski definition) is 5. The Labute approximate surface area is 114 Å². The molecule has 0 aliphatic carbocycles. The van der Waals surface area contributed by atoms with Gasteiger partial charge in [-0.25, -0.2) is 18.4 Å². The van der Waals surface area contributed by atoms with E-state index in [0.29, 0.717) is 5.02 Å². The van der Waals surface area contributed by atoms with Crippen LogP contribution in [0.4, 0.5) is 5.82 Å². The fraction of sp³-hybridized carbons (Fsp3) is 0. The van der Waals surface area contributed by atoms with Crippen LogP contribution < -0.4 is 4.72 Å². The Balaban J connectivity index is 2.27.